The van der Waals surface area contributed by atoms with E-state index in [0.29, 0.717) is 0 Å². The molecule has 0 bridgehead atoms. The third kappa shape index (κ3) is 62.3. The number of hydrogen-bond donors (Lipinski definition) is 0. The molecule has 0 aromatic carbocycles. The van der Waals surface area contributed by atoms with E-state index in [4.69, 9.17) is 0 Å². The van der Waals surface area contributed by atoms with E-state index in [1.807, 2.05) is 0 Å². The molecule has 1 atom stereocenters. The van der Waals surface area contributed by atoms with Gasteiger partial charge in [-0.3, -0.25) is 0 Å². The van der Waals surface area contributed by atoms with Gasteiger partial charge >= 0.3 is 134 Å². The van der Waals surface area contributed by atoms with Gasteiger partial charge in [-0.2, -0.15) is 13.5 Å². The van der Waals surface area contributed by atoms with Crippen LogP contribution < -0.4 is 0 Å². The van der Waals surface area contributed by atoms with Crippen LogP contribution in [0.25, 0.3) is 0 Å². The van der Waals surface area contributed by atoms with Gasteiger partial charge in [0.1, 0.15) is 0 Å². The van der Waals surface area contributed by atoms with E-state index in [1.54, 1.807) is 0 Å². The second kappa shape index (κ2) is 76.8. The Morgan fingerprint density at radius 2 is 1.10 bits per heavy atom. The fourth-order valence-corrected chi connectivity index (χ4v) is 0. The zero-order valence-electron chi connectivity index (χ0n) is 7.01. The molecule has 0 aliphatic heterocycles. The van der Waals surface area contributed by atoms with Gasteiger partial charge in [0.15, 0.2) is 0 Å². The first-order valence-corrected chi connectivity index (χ1v) is 0. The second-order valence-corrected chi connectivity index (χ2v) is 0. The van der Waals surface area contributed by atoms with Crippen molar-refractivity contribution in [1.29, 1.82) is 0 Å². The minimum atomic E-state index is 0. The van der Waals surface area contributed by atoms with Crippen molar-refractivity contribution in [1.82, 2.24) is 0 Å². The molecule has 0 saturated carbocycles. The van der Waals surface area contributed by atoms with Gasteiger partial charge in [0.2, 0.25) is 0 Å². The maximum atomic E-state index is 0. The van der Waals surface area contributed by atoms with Crippen LogP contribution >= 0.6 is 13.5 Å². The van der Waals surface area contributed by atoms with Crippen molar-refractivity contribution in [3.63, 3.8) is 0 Å². The molecule has 0 aromatic rings. The summed E-state index contributed by atoms with van der Waals surface area (Å²) in [5, 5.41) is 0. The van der Waals surface area contributed by atoms with Crippen molar-refractivity contribution in [3.05, 3.63) is 0 Å². The van der Waals surface area contributed by atoms with Gasteiger partial charge in [0.05, 0.1) is 0 Å². The van der Waals surface area contributed by atoms with Gasteiger partial charge in [0.25, 0.3) is 0 Å². The van der Waals surface area contributed by atoms with Crippen LogP contribution in [0.2, 0.25) is 0 Å². The molecule has 0 aromatic heterocycles. The molecule has 3 radical (unpaired) electrons. The van der Waals surface area contributed by atoms with Crippen LogP contribution in [0.4, 0.5) is 0 Å². The average molecular weight is 910 g/mol. The molecule has 79 valence electrons. The molecule has 10 heteroatoms. The van der Waals surface area contributed by atoms with Crippen molar-refractivity contribution in [2.45, 2.75) is 0 Å². The Morgan fingerprint density at radius 1 is 1.10 bits per heavy atom. The molecular formula is H19AsBiCaCuFeNiPbSSbSi. The molecule has 0 fully saturated rings. The zero-order valence-corrected chi connectivity index (χ0v) is 29.2. The zero-order chi connectivity index (χ0) is 0. The van der Waals surface area contributed by atoms with Gasteiger partial charge in [-0.05, 0) is 11.0 Å². The van der Waals surface area contributed by atoms with Crippen molar-refractivity contribution >= 4 is 158 Å². The summed E-state index contributed by atoms with van der Waals surface area (Å²) in [4.78, 5) is 0. The molecular weight excluding hydrogens is 891 g/mol. The summed E-state index contributed by atoms with van der Waals surface area (Å²) >= 11 is 0. The van der Waals surface area contributed by atoms with Crippen LogP contribution in [-0.2, 0) is 50.6 Å². The molecule has 0 N–H and O–H groups in total. The summed E-state index contributed by atoms with van der Waals surface area (Å²) in [6, 6.07) is 0. The van der Waals surface area contributed by atoms with Crippen LogP contribution in [0, 0.1) is 0 Å². The molecule has 0 aliphatic rings. The molecule has 0 heterocycles. The van der Waals surface area contributed by atoms with Gasteiger partial charge in [-0.15, -0.1) is 0 Å². The number of rotatable bonds is 0. The summed E-state index contributed by atoms with van der Waals surface area (Å²) in [5.41, 5.74) is 0. The van der Waals surface area contributed by atoms with Crippen LogP contribution in [0.1, 0.15) is 2.85 Å². The Balaban J connectivity index is 0. The minimum absolute atomic E-state index is 0. The standard InChI is InChI=1S/AsH3.Bi.Ca.Cu.Fe.Ni.Pb.H2S.Sb.H4Si.10H/h1H3;;;;;;;1H2;;1H4;;;;;;;;;;/q;;+2;;;;;;;;;;;;;;;;2*-1. The fraction of sp³-hybridized carbons (Fsp3) is 0. The summed E-state index contributed by atoms with van der Waals surface area (Å²) < 4.78 is 0. The third-order valence-corrected chi connectivity index (χ3v) is 0. The van der Waals surface area contributed by atoms with Gasteiger partial charge in [0, 0.05) is 50.6 Å². The maximum Gasteiger partial charge on any atom is -0.0149 e. The SMILES string of the molecule is S.[AsH3].[BiH3].[Ca+2].[Cu].[Fe].[H-].[H-].[Ni].[PbH2].[SbH3].[SiH4]. The normalized spacial score (nSPS) is 0. The predicted molar refractivity (Wildman–Crippen MR) is 68.1 cm³/mol. The first-order chi connectivity index (χ1) is 0. The Kier molecular flexibility index (Phi) is 717. The molecule has 0 spiro atoms. The Labute approximate surface area is 206 Å². The Hall–Kier alpha value is 6.54. The van der Waals surface area contributed by atoms with Crippen molar-refractivity contribution in [2.75, 3.05) is 0 Å². The molecule has 0 rings (SSSR count). The molecule has 1 unspecified atom stereocenters. The quantitative estimate of drug-likeness (QED) is 0.213. The maximum absolute atomic E-state index is 0. The minimum Gasteiger partial charge on any atom is -0.0149 e. The van der Waals surface area contributed by atoms with E-state index >= 15 is 0 Å². The van der Waals surface area contributed by atoms with E-state index in [1.165, 1.54) is 0 Å². The predicted octanol–water partition coefficient (Wildman–Crippen LogP) is -5.97. The largest absolute Gasteiger partial charge is 0.0149 e. The smallest absolute Gasteiger partial charge is 0.0149 e. The summed E-state index contributed by atoms with van der Waals surface area (Å²) in [6.07, 6.45) is 0. The van der Waals surface area contributed by atoms with Crippen LogP contribution in [0.3, 0.4) is 0 Å². The van der Waals surface area contributed by atoms with Gasteiger partial charge in [-0.25, -0.2) is 0 Å². The van der Waals surface area contributed by atoms with E-state index in [2.05, 4.69) is 0 Å². The molecule has 10 heavy (non-hydrogen) atoms. The van der Waals surface area contributed by atoms with Gasteiger partial charge in [-0.1, -0.05) is 0 Å². The Morgan fingerprint density at radius 3 is 1.10 bits per heavy atom. The van der Waals surface area contributed by atoms with Crippen LogP contribution in [0.15, 0.2) is 0 Å². The Bertz CT molecular complexity index is 41.0. The fourth-order valence-electron chi connectivity index (χ4n) is 0. The first kappa shape index (κ1) is 93.4. The van der Waals surface area contributed by atoms with E-state index < -0.39 is 0 Å². The van der Waals surface area contributed by atoms with Gasteiger partial charge < -0.3 is 2.85 Å². The summed E-state index contributed by atoms with van der Waals surface area (Å²) in [5.74, 6) is 0. The third-order valence-electron chi connectivity index (χ3n) is 0. The summed E-state index contributed by atoms with van der Waals surface area (Å²) in [6.45, 7) is 0. The number of hydrogen-bond acceptors (Lipinski definition) is 0. The van der Waals surface area contributed by atoms with Crippen molar-refractivity contribution < 1.29 is 53.5 Å². The molecule has 0 aliphatic carbocycles. The van der Waals surface area contributed by atoms with Crippen LogP contribution in [0.5, 0.6) is 0 Å². The molecule has 0 nitrogen and oxygen atoms in total. The van der Waals surface area contributed by atoms with E-state index in [9.17, 15) is 0 Å². The van der Waals surface area contributed by atoms with Crippen molar-refractivity contribution in [2.24, 2.45) is 0 Å². The summed E-state index contributed by atoms with van der Waals surface area (Å²) in [7, 11) is 0. The average Bonchev–Trinajstić information content (AvgIpc) is 0. The van der Waals surface area contributed by atoms with Crippen molar-refractivity contribution in [3.8, 4) is 0 Å². The first-order valence-electron chi connectivity index (χ1n) is 0. The molecule has 0 saturated heterocycles. The second-order valence-electron chi connectivity index (χ2n) is 0. The molecule has 0 amide bonds. The monoisotopic (exact) mass is 909 g/mol. The topological polar surface area (TPSA) is 0 Å². The van der Waals surface area contributed by atoms with Crippen LogP contribution in [-0.4, -0.2) is 145 Å². The van der Waals surface area contributed by atoms with E-state index in [0.717, 1.165) is 0 Å². The van der Waals surface area contributed by atoms with E-state index in [-0.39, 0.29) is 212 Å².